The van der Waals surface area contributed by atoms with Crippen LogP contribution in [0.15, 0.2) is 0 Å². The Balaban J connectivity index is 3.56. The number of halogens is 1. The third-order valence-corrected chi connectivity index (χ3v) is 1.38. The molecule has 0 unspecified atom stereocenters. The maximum absolute atomic E-state index is 12.0. The van der Waals surface area contributed by atoms with Gasteiger partial charge in [0.2, 0.25) is 0 Å². The molecule has 1 N–H and O–H groups in total. The van der Waals surface area contributed by atoms with E-state index in [9.17, 15) is 9.18 Å². The van der Waals surface area contributed by atoms with Crippen LogP contribution in [0.25, 0.3) is 0 Å². The van der Waals surface area contributed by atoms with Crippen molar-refractivity contribution >= 4 is 5.97 Å². The van der Waals surface area contributed by atoms with Gasteiger partial charge in [-0.2, -0.15) is 0 Å². The Kier molecular flexibility index (Phi) is 3.33. The quantitative estimate of drug-likeness (QED) is 0.660. The average Bonchev–Trinajstić information content (AvgIpc) is 1.85. The molecule has 10 heavy (non-hydrogen) atoms. The zero-order valence-electron chi connectivity index (χ0n) is 6.35. The lowest BCUT2D eigenvalue weighted by atomic mass is 9.90. The number of aliphatic carboxylic acids is 1. The van der Waals surface area contributed by atoms with Crippen molar-refractivity contribution in [3.63, 3.8) is 0 Å². The largest absolute Gasteiger partial charge is 0.481 e. The molecule has 0 aromatic heterocycles. The first-order chi connectivity index (χ1) is 4.48. The highest BCUT2D eigenvalue weighted by Crippen LogP contribution is 2.22. The monoisotopic (exact) mass is 148 g/mol. The first-order valence-corrected chi connectivity index (χ1v) is 3.26. The molecular weight excluding hydrogens is 135 g/mol. The second-order valence-electron chi connectivity index (χ2n) is 3.19. The summed E-state index contributed by atoms with van der Waals surface area (Å²) in [7, 11) is 0. The summed E-state index contributed by atoms with van der Waals surface area (Å²) in [5.74, 6) is -0.860. The highest BCUT2D eigenvalue weighted by Gasteiger charge is 2.18. The molecule has 0 aliphatic rings. The zero-order valence-corrected chi connectivity index (χ0v) is 6.35. The number of carbonyl (C=O) groups is 1. The molecule has 0 saturated carbocycles. The van der Waals surface area contributed by atoms with Crippen molar-refractivity contribution in [1.82, 2.24) is 0 Å². The molecular formula is C7H13FO2. The van der Waals surface area contributed by atoms with Crippen molar-refractivity contribution in [3.05, 3.63) is 0 Å². The summed E-state index contributed by atoms with van der Waals surface area (Å²) in [6, 6.07) is 0. The molecule has 0 atom stereocenters. The predicted molar refractivity (Wildman–Crippen MR) is 36.6 cm³/mol. The fourth-order valence-electron chi connectivity index (χ4n) is 0.512. The molecule has 0 bridgehead atoms. The summed E-state index contributed by atoms with van der Waals surface area (Å²) in [5.41, 5.74) is -0.474. The second-order valence-corrected chi connectivity index (χ2v) is 3.19. The molecule has 0 heterocycles. The molecule has 0 rings (SSSR count). The summed E-state index contributed by atoms with van der Waals surface area (Å²) in [6.07, 6.45) is 0.454. The van der Waals surface area contributed by atoms with Crippen LogP contribution in [0.3, 0.4) is 0 Å². The van der Waals surface area contributed by atoms with Crippen LogP contribution >= 0.6 is 0 Å². The first kappa shape index (κ1) is 9.40. The number of carboxylic acid groups (broad SMARTS) is 1. The van der Waals surface area contributed by atoms with E-state index in [1.807, 2.05) is 0 Å². The van der Waals surface area contributed by atoms with Gasteiger partial charge in [0, 0.05) is 6.42 Å². The van der Waals surface area contributed by atoms with Crippen molar-refractivity contribution in [2.75, 3.05) is 6.67 Å². The normalized spacial score (nSPS) is 11.5. The third-order valence-electron chi connectivity index (χ3n) is 1.38. The molecule has 0 aromatic rings. The van der Waals surface area contributed by atoms with E-state index in [0.29, 0.717) is 6.42 Å². The molecule has 0 radical (unpaired) electrons. The van der Waals surface area contributed by atoms with Crippen molar-refractivity contribution < 1.29 is 14.3 Å². The Morgan fingerprint density at radius 1 is 1.60 bits per heavy atom. The molecule has 60 valence electrons. The van der Waals surface area contributed by atoms with Crippen LogP contribution in [-0.2, 0) is 4.79 Å². The molecule has 0 spiro atoms. The van der Waals surface area contributed by atoms with Crippen molar-refractivity contribution in [1.29, 1.82) is 0 Å². The second kappa shape index (κ2) is 3.54. The van der Waals surface area contributed by atoms with Crippen molar-refractivity contribution in [2.45, 2.75) is 26.7 Å². The number of hydrogen-bond acceptors (Lipinski definition) is 1. The Labute approximate surface area is 60.1 Å². The van der Waals surface area contributed by atoms with Gasteiger partial charge in [-0.25, -0.2) is 0 Å². The number of alkyl halides is 1. The summed E-state index contributed by atoms with van der Waals surface area (Å²) < 4.78 is 12.0. The molecule has 0 amide bonds. The van der Waals surface area contributed by atoms with Crippen LogP contribution in [0.4, 0.5) is 4.39 Å². The molecule has 0 aliphatic heterocycles. The summed E-state index contributed by atoms with van der Waals surface area (Å²) in [6.45, 7) is 2.98. The van der Waals surface area contributed by atoms with Gasteiger partial charge in [-0.1, -0.05) is 13.8 Å². The average molecular weight is 148 g/mol. The number of hydrogen-bond donors (Lipinski definition) is 1. The predicted octanol–water partition coefficient (Wildman–Crippen LogP) is 1.85. The van der Waals surface area contributed by atoms with E-state index in [-0.39, 0.29) is 6.42 Å². The van der Waals surface area contributed by atoms with Gasteiger partial charge >= 0.3 is 5.97 Å². The molecule has 0 saturated heterocycles. The van der Waals surface area contributed by atoms with Gasteiger partial charge < -0.3 is 5.11 Å². The van der Waals surface area contributed by atoms with Crippen LogP contribution in [-0.4, -0.2) is 17.8 Å². The van der Waals surface area contributed by atoms with E-state index in [1.54, 1.807) is 13.8 Å². The molecule has 0 aliphatic carbocycles. The van der Waals surface area contributed by atoms with Gasteiger partial charge in [0.1, 0.15) is 0 Å². The van der Waals surface area contributed by atoms with Gasteiger partial charge in [0.15, 0.2) is 0 Å². The molecule has 0 fully saturated rings. The smallest absolute Gasteiger partial charge is 0.303 e. The zero-order chi connectivity index (χ0) is 8.20. The minimum atomic E-state index is -0.860. The highest BCUT2D eigenvalue weighted by atomic mass is 19.1. The van der Waals surface area contributed by atoms with Gasteiger partial charge in [-0.05, 0) is 11.8 Å². The van der Waals surface area contributed by atoms with Crippen LogP contribution < -0.4 is 0 Å². The molecule has 0 aromatic carbocycles. The SMILES string of the molecule is CC(C)(CF)CCC(=O)O. The lowest BCUT2D eigenvalue weighted by molar-refractivity contribution is -0.137. The van der Waals surface area contributed by atoms with E-state index >= 15 is 0 Å². The lowest BCUT2D eigenvalue weighted by Crippen LogP contribution is -2.15. The van der Waals surface area contributed by atoms with E-state index in [4.69, 9.17) is 5.11 Å². The first-order valence-electron chi connectivity index (χ1n) is 3.26. The van der Waals surface area contributed by atoms with Gasteiger partial charge in [0.05, 0.1) is 6.67 Å². The maximum Gasteiger partial charge on any atom is 0.303 e. The Morgan fingerprint density at radius 3 is 2.40 bits per heavy atom. The Morgan fingerprint density at radius 2 is 2.10 bits per heavy atom. The molecule has 2 nitrogen and oxygen atoms in total. The minimum absolute atomic E-state index is 0.0525. The van der Waals surface area contributed by atoms with Crippen molar-refractivity contribution in [2.24, 2.45) is 5.41 Å². The van der Waals surface area contributed by atoms with E-state index in [1.165, 1.54) is 0 Å². The topological polar surface area (TPSA) is 37.3 Å². The standard InChI is InChI=1S/C7H13FO2/c1-7(2,5-8)4-3-6(9)10/h3-5H2,1-2H3,(H,9,10). The third kappa shape index (κ3) is 4.30. The van der Waals surface area contributed by atoms with Crippen LogP contribution in [0.5, 0.6) is 0 Å². The molecule has 3 heteroatoms. The van der Waals surface area contributed by atoms with Crippen LogP contribution in [0.2, 0.25) is 0 Å². The summed E-state index contributed by atoms with van der Waals surface area (Å²) in [5, 5.41) is 8.25. The van der Waals surface area contributed by atoms with E-state index < -0.39 is 18.1 Å². The van der Waals surface area contributed by atoms with Crippen LogP contribution in [0.1, 0.15) is 26.7 Å². The van der Waals surface area contributed by atoms with E-state index in [2.05, 4.69) is 0 Å². The van der Waals surface area contributed by atoms with E-state index in [0.717, 1.165) is 0 Å². The van der Waals surface area contributed by atoms with Crippen LogP contribution in [0, 0.1) is 5.41 Å². The van der Waals surface area contributed by atoms with Gasteiger partial charge in [0.25, 0.3) is 0 Å². The minimum Gasteiger partial charge on any atom is -0.481 e. The summed E-state index contributed by atoms with van der Waals surface area (Å²) >= 11 is 0. The Bertz CT molecular complexity index is 121. The highest BCUT2D eigenvalue weighted by molar-refractivity contribution is 5.66. The van der Waals surface area contributed by atoms with Gasteiger partial charge in [-0.15, -0.1) is 0 Å². The van der Waals surface area contributed by atoms with Crippen molar-refractivity contribution in [3.8, 4) is 0 Å². The summed E-state index contributed by atoms with van der Waals surface area (Å²) in [4.78, 5) is 10.0. The number of rotatable bonds is 4. The fourth-order valence-corrected chi connectivity index (χ4v) is 0.512. The van der Waals surface area contributed by atoms with Gasteiger partial charge in [-0.3, -0.25) is 9.18 Å². The fraction of sp³-hybridized carbons (Fsp3) is 0.857. The maximum atomic E-state index is 12.0. The number of carboxylic acids is 1. The lowest BCUT2D eigenvalue weighted by Gasteiger charge is -2.18. The Hall–Kier alpha value is -0.600.